The van der Waals surface area contributed by atoms with E-state index in [0.29, 0.717) is 0 Å². The summed E-state index contributed by atoms with van der Waals surface area (Å²) >= 11 is 0. The molecule has 2 rings (SSSR count). The fourth-order valence-corrected chi connectivity index (χ4v) is 1.82. The Kier molecular flexibility index (Phi) is 2.28. The molecule has 1 heterocycles. The predicted molar refractivity (Wildman–Crippen MR) is 51.3 cm³/mol. The van der Waals surface area contributed by atoms with Crippen molar-refractivity contribution in [3.05, 3.63) is 23.7 Å². The number of furan rings is 1. The van der Waals surface area contributed by atoms with Crippen molar-refractivity contribution in [1.82, 2.24) is 0 Å². The molecule has 0 bridgehead atoms. The SMILES string of the molecule is NCC(O)(c1occc1C(=O)O)C1CC1. The van der Waals surface area contributed by atoms with Crippen molar-refractivity contribution in [1.29, 1.82) is 0 Å². The summed E-state index contributed by atoms with van der Waals surface area (Å²) in [5.41, 5.74) is 4.18. The molecule has 0 aliphatic heterocycles. The van der Waals surface area contributed by atoms with E-state index in [2.05, 4.69) is 0 Å². The third-order valence-corrected chi connectivity index (χ3v) is 2.85. The average molecular weight is 211 g/mol. The second-order valence-electron chi connectivity index (χ2n) is 3.87. The first kappa shape index (κ1) is 10.2. The van der Waals surface area contributed by atoms with Gasteiger partial charge < -0.3 is 20.4 Å². The first-order valence-corrected chi connectivity index (χ1v) is 4.83. The molecule has 4 N–H and O–H groups in total. The highest BCUT2D eigenvalue weighted by Gasteiger charge is 2.48. The molecule has 82 valence electrons. The lowest BCUT2D eigenvalue weighted by atomic mass is 9.92. The number of carbonyl (C=O) groups is 1. The maximum absolute atomic E-state index is 10.9. The molecule has 1 aromatic rings. The molecular weight excluding hydrogens is 198 g/mol. The van der Waals surface area contributed by atoms with E-state index in [1.807, 2.05) is 0 Å². The number of aromatic carboxylic acids is 1. The lowest BCUT2D eigenvalue weighted by Gasteiger charge is -2.24. The summed E-state index contributed by atoms with van der Waals surface area (Å²) in [6.07, 6.45) is 2.97. The van der Waals surface area contributed by atoms with Crippen LogP contribution in [0.25, 0.3) is 0 Å². The van der Waals surface area contributed by atoms with Crippen LogP contribution in [0.2, 0.25) is 0 Å². The van der Waals surface area contributed by atoms with Crippen molar-refractivity contribution in [3.8, 4) is 0 Å². The van der Waals surface area contributed by atoms with Crippen LogP contribution in [0.1, 0.15) is 29.0 Å². The zero-order valence-electron chi connectivity index (χ0n) is 8.14. The molecule has 0 saturated heterocycles. The van der Waals surface area contributed by atoms with Gasteiger partial charge in [0.1, 0.15) is 11.2 Å². The Morgan fingerprint density at radius 3 is 2.80 bits per heavy atom. The Balaban J connectivity index is 2.41. The molecule has 15 heavy (non-hydrogen) atoms. The van der Waals surface area contributed by atoms with Crippen molar-refractivity contribution in [2.75, 3.05) is 6.54 Å². The number of carboxylic acid groups (broad SMARTS) is 1. The van der Waals surface area contributed by atoms with Crippen LogP contribution in [0.4, 0.5) is 0 Å². The summed E-state index contributed by atoms with van der Waals surface area (Å²) in [7, 11) is 0. The van der Waals surface area contributed by atoms with Crippen molar-refractivity contribution in [2.45, 2.75) is 18.4 Å². The van der Waals surface area contributed by atoms with E-state index in [4.69, 9.17) is 15.3 Å². The number of hydrogen-bond donors (Lipinski definition) is 3. The molecule has 0 aromatic carbocycles. The van der Waals surface area contributed by atoms with Gasteiger partial charge in [-0.3, -0.25) is 0 Å². The van der Waals surface area contributed by atoms with Gasteiger partial charge >= 0.3 is 5.97 Å². The standard InChI is InChI=1S/C10H13NO4/c11-5-10(14,6-1-2-6)8-7(9(12)13)3-4-15-8/h3-4,6,14H,1-2,5,11H2,(H,12,13). The van der Waals surface area contributed by atoms with Gasteiger partial charge in [0.05, 0.1) is 6.26 Å². The van der Waals surface area contributed by atoms with Crippen molar-refractivity contribution in [3.63, 3.8) is 0 Å². The molecule has 5 heteroatoms. The van der Waals surface area contributed by atoms with E-state index < -0.39 is 11.6 Å². The highest BCUT2D eigenvalue weighted by molar-refractivity contribution is 5.89. The summed E-state index contributed by atoms with van der Waals surface area (Å²) in [6, 6.07) is 1.33. The second kappa shape index (κ2) is 3.36. The zero-order valence-corrected chi connectivity index (χ0v) is 8.14. The predicted octanol–water partition coefficient (Wildman–Crippen LogP) is 0.534. The molecule has 1 unspecified atom stereocenters. The van der Waals surface area contributed by atoms with E-state index in [-0.39, 0.29) is 23.8 Å². The lowest BCUT2D eigenvalue weighted by Crippen LogP contribution is -2.38. The van der Waals surface area contributed by atoms with Crippen LogP contribution in [0.3, 0.4) is 0 Å². The highest BCUT2D eigenvalue weighted by Crippen LogP contribution is 2.46. The van der Waals surface area contributed by atoms with E-state index in [0.717, 1.165) is 12.8 Å². The first-order chi connectivity index (χ1) is 7.09. The Labute approximate surface area is 86.5 Å². The minimum absolute atomic E-state index is 0.00477. The molecule has 1 aliphatic carbocycles. The number of nitrogens with two attached hydrogens (primary N) is 1. The van der Waals surface area contributed by atoms with Gasteiger partial charge in [0.2, 0.25) is 0 Å². The maximum atomic E-state index is 10.9. The van der Waals surface area contributed by atoms with Crippen LogP contribution in [0, 0.1) is 5.92 Å². The number of rotatable bonds is 4. The van der Waals surface area contributed by atoms with Crippen molar-refractivity contribution in [2.24, 2.45) is 11.7 Å². The number of carboxylic acids is 1. The number of aliphatic hydroxyl groups is 1. The van der Waals surface area contributed by atoms with Gasteiger partial charge in [-0.2, -0.15) is 0 Å². The monoisotopic (exact) mass is 211 g/mol. The van der Waals surface area contributed by atoms with Gasteiger partial charge in [0, 0.05) is 6.54 Å². The van der Waals surface area contributed by atoms with Gasteiger partial charge in [-0.15, -0.1) is 0 Å². The van der Waals surface area contributed by atoms with E-state index in [1.54, 1.807) is 0 Å². The van der Waals surface area contributed by atoms with E-state index in [1.165, 1.54) is 12.3 Å². The summed E-state index contributed by atoms with van der Waals surface area (Å²) in [6.45, 7) is -0.0224. The Bertz CT molecular complexity index is 383. The molecule has 0 amide bonds. The smallest absolute Gasteiger partial charge is 0.339 e. The largest absolute Gasteiger partial charge is 0.478 e. The van der Waals surface area contributed by atoms with Crippen LogP contribution < -0.4 is 5.73 Å². The number of hydrogen-bond acceptors (Lipinski definition) is 4. The van der Waals surface area contributed by atoms with Crippen LogP contribution in [-0.4, -0.2) is 22.7 Å². The van der Waals surface area contributed by atoms with Crippen molar-refractivity contribution >= 4 is 5.97 Å². The average Bonchev–Trinajstić information content (AvgIpc) is 2.94. The minimum atomic E-state index is -1.32. The lowest BCUT2D eigenvalue weighted by molar-refractivity contribution is -0.000549. The normalized spacial score (nSPS) is 19.9. The first-order valence-electron chi connectivity index (χ1n) is 4.83. The van der Waals surface area contributed by atoms with Gasteiger partial charge in [0.25, 0.3) is 0 Å². The highest BCUT2D eigenvalue weighted by atomic mass is 16.4. The molecule has 1 aromatic heterocycles. The molecule has 1 aliphatic rings. The zero-order chi connectivity index (χ0) is 11.1. The quantitative estimate of drug-likeness (QED) is 0.675. The Morgan fingerprint density at radius 2 is 2.33 bits per heavy atom. The molecule has 0 radical (unpaired) electrons. The molecule has 5 nitrogen and oxygen atoms in total. The third kappa shape index (κ3) is 1.53. The summed E-state index contributed by atoms with van der Waals surface area (Å²) < 4.78 is 5.07. The summed E-state index contributed by atoms with van der Waals surface area (Å²) in [5.74, 6) is -1.00. The van der Waals surface area contributed by atoms with Gasteiger partial charge in [-0.1, -0.05) is 0 Å². The Hall–Kier alpha value is -1.33. The van der Waals surface area contributed by atoms with E-state index >= 15 is 0 Å². The van der Waals surface area contributed by atoms with Crippen LogP contribution >= 0.6 is 0 Å². The van der Waals surface area contributed by atoms with Gasteiger partial charge in [-0.05, 0) is 24.8 Å². The topological polar surface area (TPSA) is 96.7 Å². The van der Waals surface area contributed by atoms with Gasteiger partial charge in [0.15, 0.2) is 5.76 Å². The third-order valence-electron chi connectivity index (χ3n) is 2.85. The van der Waals surface area contributed by atoms with Crippen molar-refractivity contribution < 1.29 is 19.4 Å². The molecule has 1 saturated carbocycles. The fourth-order valence-electron chi connectivity index (χ4n) is 1.82. The molecule has 1 fully saturated rings. The van der Waals surface area contributed by atoms with E-state index in [9.17, 15) is 9.90 Å². The minimum Gasteiger partial charge on any atom is -0.478 e. The maximum Gasteiger partial charge on any atom is 0.339 e. The van der Waals surface area contributed by atoms with Crippen LogP contribution in [0.15, 0.2) is 16.7 Å². The molecular formula is C10H13NO4. The fraction of sp³-hybridized carbons (Fsp3) is 0.500. The second-order valence-corrected chi connectivity index (χ2v) is 3.87. The Morgan fingerprint density at radius 1 is 1.67 bits per heavy atom. The summed E-state index contributed by atoms with van der Waals surface area (Å²) in [4.78, 5) is 10.9. The van der Waals surface area contributed by atoms with Gasteiger partial charge in [-0.25, -0.2) is 4.79 Å². The molecule has 0 spiro atoms. The van der Waals surface area contributed by atoms with Crippen LogP contribution in [-0.2, 0) is 5.60 Å². The summed E-state index contributed by atoms with van der Waals surface area (Å²) in [5, 5.41) is 19.2. The van der Waals surface area contributed by atoms with Crippen LogP contribution in [0.5, 0.6) is 0 Å². The molecule has 1 atom stereocenters.